The number of sulfonamides is 2. The summed E-state index contributed by atoms with van der Waals surface area (Å²) in [5.74, 6) is -0.505. The fraction of sp³-hybridized carbons (Fsp3) is 0.435. The largest absolute Gasteiger partial charge is 0.379 e. The lowest BCUT2D eigenvalue weighted by Crippen LogP contribution is -2.48. The van der Waals surface area contributed by atoms with Crippen molar-refractivity contribution >= 4 is 31.6 Å². The van der Waals surface area contributed by atoms with E-state index in [4.69, 9.17) is 9.47 Å². The molecule has 12 heteroatoms. The third-order valence-corrected chi connectivity index (χ3v) is 9.58. The van der Waals surface area contributed by atoms with Gasteiger partial charge in [-0.1, -0.05) is 6.07 Å². The molecule has 2 aliphatic heterocycles. The average Bonchev–Trinajstić information content (AvgIpc) is 2.84. The molecule has 0 saturated carbocycles. The minimum atomic E-state index is -3.80. The Bertz CT molecular complexity index is 1260. The zero-order valence-electron chi connectivity index (χ0n) is 19.6. The van der Waals surface area contributed by atoms with E-state index in [1.54, 1.807) is 0 Å². The van der Waals surface area contributed by atoms with E-state index in [1.807, 2.05) is 13.8 Å². The maximum atomic E-state index is 13.1. The number of morpholine rings is 2. The Hall–Kier alpha value is -2.35. The van der Waals surface area contributed by atoms with Gasteiger partial charge in [0, 0.05) is 37.4 Å². The highest BCUT2D eigenvalue weighted by Gasteiger charge is 2.32. The lowest BCUT2D eigenvalue weighted by Gasteiger charge is -2.34. The summed E-state index contributed by atoms with van der Waals surface area (Å²) in [4.78, 5) is 13.0. The van der Waals surface area contributed by atoms with Crippen molar-refractivity contribution in [2.24, 2.45) is 0 Å². The van der Waals surface area contributed by atoms with Gasteiger partial charge >= 0.3 is 0 Å². The molecular weight excluding hydrogens is 494 g/mol. The first kappa shape index (κ1) is 25.7. The van der Waals surface area contributed by atoms with Gasteiger partial charge in [-0.2, -0.15) is 8.61 Å². The van der Waals surface area contributed by atoms with Crippen LogP contribution in [-0.4, -0.2) is 83.0 Å². The Morgan fingerprint density at radius 3 is 2.09 bits per heavy atom. The fourth-order valence-corrected chi connectivity index (χ4v) is 7.17. The smallest absolute Gasteiger partial charge is 0.255 e. The molecular formula is C23H29N3O7S2. The number of amides is 1. The van der Waals surface area contributed by atoms with Crippen molar-refractivity contribution in [3.63, 3.8) is 0 Å². The number of anilines is 1. The average molecular weight is 524 g/mol. The van der Waals surface area contributed by atoms with Crippen molar-refractivity contribution in [1.82, 2.24) is 8.61 Å². The van der Waals surface area contributed by atoms with Crippen molar-refractivity contribution in [1.29, 1.82) is 0 Å². The van der Waals surface area contributed by atoms with Crippen LogP contribution in [0, 0.1) is 0 Å². The molecule has 190 valence electrons. The second-order valence-corrected chi connectivity index (χ2v) is 12.5. The van der Waals surface area contributed by atoms with Gasteiger partial charge in [-0.05, 0) is 56.3 Å². The van der Waals surface area contributed by atoms with Crippen molar-refractivity contribution < 1.29 is 31.1 Å². The molecule has 2 heterocycles. The van der Waals surface area contributed by atoms with Gasteiger partial charge < -0.3 is 14.8 Å². The van der Waals surface area contributed by atoms with Crippen LogP contribution in [0.15, 0.2) is 58.3 Å². The summed E-state index contributed by atoms with van der Waals surface area (Å²) in [5.41, 5.74) is 0.561. The third-order valence-electron chi connectivity index (χ3n) is 5.84. The van der Waals surface area contributed by atoms with Crippen LogP contribution in [0.5, 0.6) is 0 Å². The maximum absolute atomic E-state index is 13.1. The molecule has 2 saturated heterocycles. The Morgan fingerprint density at radius 2 is 1.46 bits per heavy atom. The standard InChI is InChI=1S/C23H29N3O7S2/c1-17-15-26(16-18(2)33-17)35(30,31)22-5-3-4-19(14-22)23(27)24-20-6-8-21(9-7-20)34(28,29)25-10-12-32-13-11-25/h3-9,14,17-18H,10-13,15-16H2,1-2H3,(H,24,27)/t17-,18-/m1/s1. The van der Waals surface area contributed by atoms with E-state index in [9.17, 15) is 21.6 Å². The molecule has 2 aliphatic rings. The molecule has 2 fully saturated rings. The minimum absolute atomic E-state index is 0.0263. The maximum Gasteiger partial charge on any atom is 0.255 e. The van der Waals surface area contributed by atoms with Gasteiger partial charge in [-0.15, -0.1) is 0 Å². The third kappa shape index (κ3) is 5.74. The lowest BCUT2D eigenvalue weighted by molar-refractivity contribution is -0.0440. The molecule has 2 atom stereocenters. The predicted octanol–water partition coefficient (Wildman–Crippen LogP) is 1.76. The minimum Gasteiger partial charge on any atom is -0.379 e. The number of carbonyl (C=O) groups excluding carboxylic acids is 1. The summed E-state index contributed by atoms with van der Waals surface area (Å²) in [6.45, 7) is 5.41. The first-order valence-electron chi connectivity index (χ1n) is 11.3. The van der Waals surface area contributed by atoms with E-state index in [2.05, 4.69) is 5.32 Å². The van der Waals surface area contributed by atoms with E-state index in [1.165, 1.54) is 57.1 Å². The van der Waals surface area contributed by atoms with Gasteiger partial charge in [0.05, 0.1) is 35.2 Å². The van der Waals surface area contributed by atoms with Crippen LogP contribution in [0.4, 0.5) is 5.69 Å². The van der Waals surface area contributed by atoms with E-state index in [0.717, 1.165) is 0 Å². The molecule has 35 heavy (non-hydrogen) atoms. The molecule has 2 aromatic rings. The second kappa shape index (κ2) is 10.3. The number of benzene rings is 2. The number of hydrogen-bond donors (Lipinski definition) is 1. The van der Waals surface area contributed by atoms with Crippen LogP contribution in [0.3, 0.4) is 0 Å². The second-order valence-electron chi connectivity index (χ2n) is 8.60. The SMILES string of the molecule is C[C@@H]1CN(S(=O)(=O)c2cccc(C(=O)Nc3ccc(S(=O)(=O)N4CCOCC4)cc3)c2)C[C@@H](C)O1. The monoisotopic (exact) mass is 523 g/mol. The van der Waals surface area contributed by atoms with E-state index < -0.39 is 26.0 Å². The van der Waals surface area contributed by atoms with Crippen molar-refractivity contribution in [2.45, 2.75) is 35.8 Å². The molecule has 0 unspecified atom stereocenters. The molecule has 1 N–H and O–H groups in total. The fourth-order valence-electron chi connectivity index (χ4n) is 4.12. The molecule has 0 aliphatic carbocycles. The Morgan fingerprint density at radius 1 is 0.857 bits per heavy atom. The van der Waals surface area contributed by atoms with Gasteiger partial charge in [0.25, 0.3) is 5.91 Å². The summed E-state index contributed by atoms with van der Waals surface area (Å²) in [6.07, 6.45) is -0.454. The molecule has 1 amide bonds. The number of nitrogens with one attached hydrogen (secondary N) is 1. The van der Waals surface area contributed by atoms with Crippen molar-refractivity contribution in [3.05, 3.63) is 54.1 Å². The molecule has 0 aromatic heterocycles. The first-order valence-corrected chi connectivity index (χ1v) is 14.2. The quantitative estimate of drug-likeness (QED) is 0.612. The summed E-state index contributed by atoms with van der Waals surface area (Å²) in [6, 6.07) is 11.7. The van der Waals surface area contributed by atoms with Crippen LogP contribution in [0.1, 0.15) is 24.2 Å². The van der Waals surface area contributed by atoms with Crippen molar-refractivity contribution in [3.8, 4) is 0 Å². The van der Waals surface area contributed by atoms with Crippen LogP contribution >= 0.6 is 0 Å². The molecule has 0 bridgehead atoms. The van der Waals surface area contributed by atoms with Crippen LogP contribution < -0.4 is 5.32 Å². The molecule has 2 aromatic carbocycles. The highest BCUT2D eigenvalue weighted by molar-refractivity contribution is 7.89. The number of carbonyl (C=O) groups is 1. The molecule has 0 spiro atoms. The topological polar surface area (TPSA) is 122 Å². The lowest BCUT2D eigenvalue weighted by atomic mass is 10.2. The van der Waals surface area contributed by atoms with Crippen molar-refractivity contribution in [2.75, 3.05) is 44.7 Å². The van der Waals surface area contributed by atoms with Gasteiger partial charge in [-0.3, -0.25) is 4.79 Å². The summed E-state index contributed by atoms with van der Waals surface area (Å²) in [7, 11) is -7.44. The highest BCUT2D eigenvalue weighted by atomic mass is 32.2. The number of nitrogens with zero attached hydrogens (tertiary/aromatic N) is 2. The zero-order chi connectivity index (χ0) is 25.2. The Labute approximate surface area is 205 Å². The van der Waals surface area contributed by atoms with Gasteiger partial charge in [0.2, 0.25) is 20.0 Å². The summed E-state index contributed by atoms with van der Waals surface area (Å²) in [5, 5.41) is 2.69. The van der Waals surface area contributed by atoms with Gasteiger partial charge in [0.1, 0.15) is 0 Å². The molecule has 0 radical (unpaired) electrons. The summed E-state index contributed by atoms with van der Waals surface area (Å²) < 4.78 is 65.4. The first-order chi connectivity index (χ1) is 16.6. The van der Waals surface area contributed by atoms with Crippen LogP contribution in [0.2, 0.25) is 0 Å². The van der Waals surface area contributed by atoms with Crippen LogP contribution in [0.25, 0.3) is 0 Å². The normalized spacial score (nSPS) is 22.6. The van der Waals surface area contributed by atoms with E-state index in [-0.39, 0.29) is 40.7 Å². The number of rotatable bonds is 6. The highest BCUT2D eigenvalue weighted by Crippen LogP contribution is 2.23. The number of hydrogen-bond acceptors (Lipinski definition) is 7. The molecule has 10 nitrogen and oxygen atoms in total. The molecule has 4 rings (SSSR count). The van der Waals surface area contributed by atoms with Gasteiger partial charge in [-0.25, -0.2) is 16.8 Å². The van der Waals surface area contributed by atoms with Crippen LogP contribution in [-0.2, 0) is 29.5 Å². The van der Waals surface area contributed by atoms with E-state index >= 15 is 0 Å². The summed E-state index contributed by atoms with van der Waals surface area (Å²) >= 11 is 0. The Kier molecular flexibility index (Phi) is 7.60. The predicted molar refractivity (Wildman–Crippen MR) is 129 cm³/mol. The zero-order valence-corrected chi connectivity index (χ0v) is 21.2. The van der Waals surface area contributed by atoms with E-state index in [0.29, 0.717) is 32.0 Å². The van der Waals surface area contributed by atoms with Gasteiger partial charge in [0.15, 0.2) is 0 Å². The Balaban J connectivity index is 1.47. The number of ether oxygens (including phenoxy) is 2.